The van der Waals surface area contributed by atoms with Gasteiger partial charge >= 0.3 is 6.09 Å². The second-order valence-corrected chi connectivity index (χ2v) is 15.6. The maximum absolute atomic E-state index is 14.7. The van der Waals surface area contributed by atoms with E-state index in [0.717, 1.165) is 19.8 Å². The highest BCUT2D eigenvalue weighted by Crippen LogP contribution is 2.54. The fourth-order valence-corrected chi connectivity index (χ4v) is 9.42. The van der Waals surface area contributed by atoms with Gasteiger partial charge in [-0.3, -0.25) is 9.48 Å². The molecule has 244 valence electrons. The number of ether oxygens (including phenoxy) is 1. The van der Waals surface area contributed by atoms with E-state index in [9.17, 15) is 18.0 Å². The number of likely N-dealkylation sites (tertiary alicyclic amines) is 1. The number of fused-ring (bicyclic) bond motifs is 5. The average molecular weight is 723 g/mol. The van der Waals surface area contributed by atoms with Crippen LogP contribution in [0.25, 0.3) is 33.1 Å². The second kappa shape index (κ2) is 10.9. The van der Waals surface area contributed by atoms with Crippen molar-refractivity contribution in [1.29, 1.82) is 0 Å². The molecule has 2 aliphatic rings. The smallest absolute Gasteiger partial charge is 0.410 e. The zero-order chi connectivity index (χ0) is 36.0. The molecule has 1 atom stereocenters. The maximum Gasteiger partial charge on any atom is 0.410 e. The van der Waals surface area contributed by atoms with E-state index < -0.39 is 40.0 Å². The van der Waals surface area contributed by atoms with Gasteiger partial charge < -0.3 is 14.5 Å². The molecule has 5 aromatic rings. The monoisotopic (exact) mass is 721 g/mol. The van der Waals surface area contributed by atoms with Crippen LogP contribution in [0.1, 0.15) is 49.7 Å². The van der Waals surface area contributed by atoms with E-state index >= 15 is 0 Å². The summed E-state index contributed by atoms with van der Waals surface area (Å²) in [5, 5.41) is 5.49. The normalized spacial score (nSPS) is 19.9. The minimum Gasteiger partial charge on any atom is -0.444 e. The highest BCUT2D eigenvalue weighted by molar-refractivity contribution is 9.10. The number of amides is 2. The number of aromatic nitrogens is 4. The zero-order valence-electron chi connectivity index (χ0n) is 29.3. The van der Waals surface area contributed by atoms with Gasteiger partial charge in [0.15, 0.2) is 5.65 Å². The van der Waals surface area contributed by atoms with Crippen molar-refractivity contribution in [1.82, 2.24) is 23.6 Å². The number of rotatable bonds is 3. The number of pyridine rings is 1. The first-order chi connectivity index (χ1) is 23.5. The van der Waals surface area contributed by atoms with Crippen molar-refractivity contribution >= 4 is 65.6 Å². The summed E-state index contributed by atoms with van der Waals surface area (Å²) >= 11 is 3.64. The van der Waals surface area contributed by atoms with Gasteiger partial charge in [0.1, 0.15) is 10.2 Å². The molecule has 0 bridgehead atoms. The number of hydrogen-bond acceptors (Lipinski definition) is 7. The predicted octanol–water partition coefficient (Wildman–Crippen LogP) is 6.22. The summed E-state index contributed by atoms with van der Waals surface area (Å²) in [5.41, 5.74) is 0.222. The maximum atomic E-state index is 14.7. The molecule has 2 amide bonds. The Hall–Kier alpha value is -4.23. The number of carbonyl (C=O) groups excluding carboxylic acids is 2. The Labute approximate surface area is 285 Å². The summed E-state index contributed by atoms with van der Waals surface area (Å²) in [7, 11) is -2.45. The zero-order valence-corrected chi connectivity index (χ0v) is 28.7. The molecule has 0 N–H and O–H groups in total. The highest BCUT2D eigenvalue weighted by atomic mass is 79.9. The molecule has 0 radical (unpaired) electrons. The molecule has 7 rings (SSSR count). The van der Waals surface area contributed by atoms with Gasteiger partial charge in [0.05, 0.1) is 33.9 Å². The van der Waals surface area contributed by atoms with Gasteiger partial charge in [0.2, 0.25) is 5.91 Å². The summed E-state index contributed by atoms with van der Waals surface area (Å²) in [5.74, 6) is -0.642. The first-order valence-corrected chi connectivity index (χ1v) is 17.5. The molecule has 1 spiro atoms. The average Bonchev–Trinajstić information content (AvgIpc) is 3.56. The van der Waals surface area contributed by atoms with Gasteiger partial charge in [0.25, 0.3) is 10.0 Å². The highest BCUT2D eigenvalue weighted by Gasteiger charge is 2.53. The molecule has 1 saturated heterocycles. The van der Waals surface area contributed by atoms with E-state index in [1.165, 1.54) is 18.3 Å². The number of aryl methyl sites for hydroxylation is 1. The number of likely N-dealkylation sites (N-methyl/N-ethyl adjacent to an activating group) is 1. The molecular weight excluding hydrogens is 684 g/mol. The van der Waals surface area contributed by atoms with Crippen molar-refractivity contribution in [2.45, 2.75) is 55.9 Å². The lowest BCUT2D eigenvalue weighted by Crippen LogP contribution is -2.41. The Morgan fingerprint density at radius 1 is 1.09 bits per heavy atom. The molecule has 1 fully saturated rings. The van der Waals surface area contributed by atoms with E-state index in [-0.39, 0.29) is 40.2 Å². The SMILES string of the molecule is [2H]C([2H])([2H])N1C(=O)C2(CCCN(C(=O)OC(C)(C)C)CC2)c2c1cnc1c2c(-c2ccc3c(cnn3C)c2)c(Br)n1S(=O)(=O)c1ccccc1. The lowest BCUT2D eigenvalue weighted by atomic mass is 9.74. The molecule has 2 aromatic carbocycles. The number of carbonyl (C=O) groups is 2. The molecular formula is C34H35BrN6O5S. The molecule has 11 nitrogen and oxygen atoms in total. The van der Waals surface area contributed by atoms with Crippen molar-refractivity contribution in [3.05, 3.63) is 71.1 Å². The molecule has 2 aliphatic heterocycles. The van der Waals surface area contributed by atoms with Crippen LogP contribution in [0.2, 0.25) is 0 Å². The van der Waals surface area contributed by atoms with Gasteiger partial charge in [-0.15, -0.1) is 0 Å². The van der Waals surface area contributed by atoms with Gasteiger partial charge in [0, 0.05) is 53.1 Å². The van der Waals surface area contributed by atoms with Crippen molar-refractivity contribution in [2.75, 3.05) is 25.0 Å². The number of anilines is 1. The Bertz CT molecular complexity index is 2320. The first kappa shape index (κ1) is 27.8. The summed E-state index contributed by atoms with van der Waals surface area (Å²) < 4.78 is 62.8. The van der Waals surface area contributed by atoms with Crippen molar-refractivity contribution in [3.8, 4) is 11.1 Å². The number of hydrogen-bond donors (Lipinski definition) is 0. The minimum atomic E-state index is -4.27. The fraction of sp³-hybridized carbons (Fsp3) is 0.353. The lowest BCUT2D eigenvalue weighted by molar-refractivity contribution is -0.123. The molecule has 47 heavy (non-hydrogen) atoms. The van der Waals surface area contributed by atoms with Crippen molar-refractivity contribution < 1.29 is 26.9 Å². The third-order valence-corrected chi connectivity index (χ3v) is 11.7. The van der Waals surface area contributed by atoms with Gasteiger partial charge in [-0.2, -0.15) is 5.10 Å². The molecule has 3 aromatic heterocycles. The summed E-state index contributed by atoms with van der Waals surface area (Å²) in [6.45, 7) is 2.85. The summed E-state index contributed by atoms with van der Waals surface area (Å²) in [6.07, 6.45) is 3.11. The number of nitrogens with zero attached hydrogens (tertiary/aromatic N) is 6. The Kier molecular flexibility index (Phi) is 6.46. The Morgan fingerprint density at radius 3 is 2.57 bits per heavy atom. The largest absolute Gasteiger partial charge is 0.444 e. The number of benzene rings is 2. The van der Waals surface area contributed by atoms with Crippen LogP contribution in [0.15, 0.2) is 70.4 Å². The van der Waals surface area contributed by atoms with E-state index in [4.69, 9.17) is 8.85 Å². The van der Waals surface area contributed by atoms with Crippen molar-refractivity contribution in [2.24, 2.45) is 7.05 Å². The van der Waals surface area contributed by atoms with Crippen LogP contribution in [0.4, 0.5) is 10.5 Å². The minimum absolute atomic E-state index is 0.0199. The second-order valence-electron chi connectivity index (χ2n) is 13.1. The van der Waals surface area contributed by atoms with Crippen LogP contribution in [-0.4, -0.2) is 69.7 Å². The van der Waals surface area contributed by atoms with Crippen molar-refractivity contribution in [3.63, 3.8) is 0 Å². The van der Waals surface area contributed by atoms with E-state index in [2.05, 4.69) is 26.0 Å². The van der Waals surface area contributed by atoms with Gasteiger partial charge in [-0.05, 0) is 85.8 Å². The van der Waals surface area contributed by atoms with Crippen LogP contribution in [0, 0.1) is 0 Å². The fourth-order valence-electron chi connectivity index (χ4n) is 6.87. The predicted molar refractivity (Wildman–Crippen MR) is 183 cm³/mol. The van der Waals surface area contributed by atoms with Gasteiger partial charge in [-0.25, -0.2) is 22.2 Å². The van der Waals surface area contributed by atoms with Crippen LogP contribution >= 0.6 is 15.9 Å². The Balaban J connectivity index is 1.54. The van der Waals surface area contributed by atoms with Crippen LogP contribution in [0.3, 0.4) is 0 Å². The number of halogens is 1. The van der Waals surface area contributed by atoms with E-state index in [1.807, 2.05) is 25.2 Å². The molecule has 0 aliphatic carbocycles. The van der Waals surface area contributed by atoms with Crippen LogP contribution in [0.5, 0.6) is 0 Å². The lowest BCUT2D eigenvalue weighted by Gasteiger charge is -2.28. The molecule has 1 unspecified atom stereocenters. The Morgan fingerprint density at radius 2 is 1.85 bits per heavy atom. The molecule has 0 saturated carbocycles. The van der Waals surface area contributed by atoms with Gasteiger partial charge in [-0.1, -0.05) is 24.3 Å². The molecule has 5 heterocycles. The first-order valence-electron chi connectivity index (χ1n) is 16.7. The summed E-state index contributed by atoms with van der Waals surface area (Å²) in [6, 6.07) is 13.5. The van der Waals surface area contributed by atoms with E-state index in [1.54, 1.807) is 54.7 Å². The van der Waals surface area contributed by atoms with E-state index in [0.29, 0.717) is 35.0 Å². The van der Waals surface area contributed by atoms with Crippen LogP contribution in [-0.2, 0) is 32.0 Å². The molecule has 13 heteroatoms. The quantitative estimate of drug-likeness (QED) is 0.217. The third-order valence-electron chi connectivity index (χ3n) is 9.01. The standard InChI is InChI=1S/C34H35BrN6O5S/c1-33(2,3)46-32(43)40-16-9-14-34(15-17-40)28-25(38(4)31(34)42)20-36-30-27(28)26(21-12-13-24-22(18-21)19-37-39(24)5)29(35)41(30)47(44,45)23-10-7-6-8-11-23/h6-8,10-13,18-20H,9,14-17H2,1-5H3/i4D3. The third kappa shape index (κ3) is 4.85. The van der Waals surface area contributed by atoms with Crippen LogP contribution < -0.4 is 4.90 Å². The summed E-state index contributed by atoms with van der Waals surface area (Å²) in [4.78, 5) is 34.9. The topological polar surface area (TPSA) is 120 Å².